The second-order valence-electron chi connectivity index (χ2n) is 4.77. The van der Waals surface area contributed by atoms with Crippen molar-refractivity contribution in [2.24, 2.45) is 7.05 Å². The Bertz CT molecular complexity index is 728. The first-order valence-corrected chi connectivity index (χ1v) is 8.67. The molecule has 0 radical (unpaired) electrons. The van der Waals surface area contributed by atoms with E-state index in [2.05, 4.69) is 15.5 Å². The topological polar surface area (TPSA) is 76.9 Å². The molecule has 1 aromatic heterocycles. The smallest absolute Gasteiger partial charge is 0.175 e. The third-order valence-electron chi connectivity index (χ3n) is 3.11. The van der Waals surface area contributed by atoms with Gasteiger partial charge in [-0.1, -0.05) is 17.7 Å². The van der Waals surface area contributed by atoms with Gasteiger partial charge in [0, 0.05) is 43.4 Å². The first-order chi connectivity index (χ1) is 9.89. The van der Waals surface area contributed by atoms with Crippen molar-refractivity contribution in [3.05, 3.63) is 40.9 Å². The lowest BCUT2D eigenvalue weighted by atomic mass is 10.2. The SMILES string of the molecule is Cn1cnnc1CCNCc1c(Cl)cccc1S(C)(=O)=O. The third kappa shape index (κ3) is 4.03. The second kappa shape index (κ2) is 6.55. The molecule has 0 bridgehead atoms. The van der Waals surface area contributed by atoms with Gasteiger partial charge in [0.2, 0.25) is 0 Å². The van der Waals surface area contributed by atoms with E-state index in [0.717, 1.165) is 5.82 Å². The van der Waals surface area contributed by atoms with E-state index in [-0.39, 0.29) is 4.90 Å². The van der Waals surface area contributed by atoms with Crippen LogP contribution in [0.5, 0.6) is 0 Å². The molecule has 1 heterocycles. The summed E-state index contributed by atoms with van der Waals surface area (Å²) >= 11 is 6.11. The van der Waals surface area contributed by atoms with E-state index in [1.807, 2.05) is 11.6 Å². The molecule has 0 atom stereocenters. The highest BCUT2D eigenvalue weighted by atomic mass is 35.5. The van der Waals surface area contributed by atoms with Crippen molar-refractivity contribution in [3.63, 3.8) is 0 Å². The van der Waals surface area contributed by atoms with Crippen LogP contribution in [0.3, 0.4) is 0 Å². The molecule has 6 nitrogen and oxygen atoms in total. The number of sulfone groups is 1. The Morgan fingerprint density at radius 3 is 2.76 bits per heavy atom. The van der Waals surface area contributed by atoms with Gasteiger partial charge in [0.05, 0.1) is 4.90 Å². The van der Waals surface area contributed by atoms with Crippen LogP contribution in [0.2, 0.25) is 5.02 Å². The fourth-order valence-corrected chi connectivity index (χ4v) is 3.26. The maximum absolute atomic E-state index is 11.8. The molecular formula is C13H17ClN4O2S. The summed E-state index contributed by atoms with van der Waals surface area (Å²) in [4.78, 5) is 0.265. The Hall–Kier alpha value is -1.44. The van der Waals surface area contributed by atoms with Gasteiger partial charge in [-0.3, -0.25) is 0 Å². The fourth-order valence-electron chi connectivity index (χ4n) is 2.00. The van der Waals surface area contributed by atoms with Gasteiger partial charge in [0.15, 0.2) is 9.84 Å². The first-order valence-electron chi connectivity index (χ1n) is 6.40. The summed E-state index contributed by atoms with van der Waals surface area (Å²) < 4.78 is 25.4. The van der Waals surface area contributed by atoms with Crippen LogP contribution in [-0.4, -0.2) is 36.0 Å². The molecule has 0 amide bonds. The number of nitrogens with one attached hydrogen (secondary N) is 1. The van der Waals surface area contributed by atoms with Gasteiger partial charge in [-0.25, -0.2) is 8.42 Å². The molecule has 0 saturated heterocycles. The molecule has 0 aliphatic heterocycles. The van der Waals surface area contributed by atoms with E-state index < -0.39 is 9.84 Å². The molecular weight excluding hydrogens is 312 g/mol. The summed E-state index contributed by atoms with van der Waals surface area (Å²) in [5, 5.41) is 11.4. The maximum atomic E-state index is 11.8. The first kappa shape index (κ1) is 15.9. The van der Waals surface area contributed by atoms with E-state index in [4.69, 9.17) is 11.6 Å². The Kier molecular flexibility index (Phi) is 4.97. The lowest BCUT2D eigenvalue weighted by molar-refractivity contribution is 0.597. The van der Waals surface area contributed by atoms with Gasteiger partial charge in [-0.15, -0.1) is 10.2 Å². The van der Waals surface area contributed by atoms with Crippen LogP contribution in [0, 0.1) is 0 Å². The minimum Gasteiger partial charge on any atom is -0.321 e. The Morgan fingerprint density at radius 1 is 1.38 bits per heavy atom. The Labute approximate surface area is 129 Å². The Balaban J connectivity index is 2.02. The summed E-state index contributed by atoms with van der Waals surface area (Å²) in [5.41, 5.74) is 0.597. The number of halogens is 1. The molecule has 2 rings (SSSR count). The van der Waals surface area contributed by atoms with E-state index in [9.17, 15) is 8.42 Å². The number of aryl methyl sites for hydroxylation is 1. The zero-order chi connectivity index (χ0) is 15.5. The minimum atomic E-state index is -3.29. The van der Waals surface area contributed by atoms with E-state index in [0.29, 0.717) is 30.1 Å². The molecule has 1 N–H and O–H groups in total. The lowest BCUT2D eigenvalue weighted by Gasteiger charge is -2.11. The maximum Gasteiger partial charge on any atom is 0.175 e. The molecule has 0 aliphatic rings. The van der Waals surface area contributed by atoms with Crippen LogP contribution in [0.1, 0.15) is 11.4 Å². The molecule has 2 aromatic rings. The normalized spacial score (nSPS) is 11.8. The molecule has 21 heavy (non-hydrogen) atoms. The minimum absolute atomic E-state index is 0.265. The van der Waals surface area contributed by atoms with E-state index in [1.54, 1.807) is 24.5 Å². The summed E-state index contributed by atoms with van der Waals surface area (Å²) in [6.07, 6.45) is 3.53. The third-order valence-corrected chi connectivity index (χ3v) is 4.64. The molecule has 0 fully saturated rings. The van der Waals surface area contributed by atoms with Gasteiger partial charge in [-0.05, 0) is 12.1 Å². The number of rotatable bonds is 6. The fraction of sp³-hybridized carbons (Fsp3) is 0.385. The average molecular weight is 329 g/mol. The van der Waals surface area contributed by atoms with E-state index >= 15 is 0 Å². The van der Waals surface area contributed by atoms with Crippen LogP contribution in [0.4, 0.5) is 0 Å². The number of hydrogen-bond acceptors (Lipinski definition) is 5. The second-order valence-corrected chi connectivity index (χ2v) is 7.16. The van der Waals surface area contributed by atoms with Gasteiger partial charge < -0.3 is 9.88 Å². The average Bonchev–Trinajstić information content (AvgIpc) is 2.80. The van der Waals surface area contributed by atoms with Crippen LogP contribution in [-0.2, 0) is 29.9 Å². The summed E-state index contributed by atoms with van der Waals surface area (Å²) in [7, 11) is -1.41. The summed E-state index contributed by atoms with van der Waals surface area (Å²) in [5.74, 6) is 0.866. The van der Waals surface area contributed by atoms with Crippen molar-refractivity contribution in [2.45, 2.75) is 17.9 Å². The van der Waals surface area contributed by atoms with Crippen molar-refractivity contribution < 1.29 is 8.42 Å². The molecule has 0 unspecified atom stereocenters. The number of benzene rings is 1. The van der Waals surface area contributed by atoms with Crippen LogP contribution in [0.15, 0.2) is 29.4 Å². The molecule has 0 saturated carbocycles. The largest absolute Gasteiger partial charge is 0.321 e. The number of hydrogen-bond donors (Lipinski definition) is 1. The number of nitrogens with zero attached hydrogens (tertiary/aromatic N) is 3. The van der Waals surface area contributed by atoms with Gasteiger partial charge >= 0.3 is 0 Å². The predicted molar refractivity (Wildman–Crippen MR) is 81.0 cm³/mol. The van der Waals surface area contributed by atoms with Crippen LogP contribution >= 0.6 is 11.6 Å². The Morgan fingerprint density at radius 2 is 2.14 bits per heavy atom. The zero-order valence-electron chi connectivity index (χ0n) is 11.9. The highest BCUT2D eigenvalue weighted by molar-refractivity contribution is 7.90. The lowest BCUT2D eigenvalue weighted by Crippen LogP contribution is -2.20. The zero-order valence-corrected chi connectivity index (χ0v) is 13.4. The molecule has 0 aliphatic carbocycles. The van der Waals surface area contributed by atoms with Crippen molar-refractivity contribution >= 4 is 21.4 Å². The quantitative estimate of drug-likeness (QED) is 0.806. The van der Waals surface area contributed by atoms with Gasteiger partial charge in [0.25, 0.3) is 0 Å². The summed E-state index contributed by atoms with van der Waals surface area (Å²) in [6.45, 7) is 1.04. The van der Waals surface area contributed by atoms with Crippen molar-refractivity contribution in [1.29, 1.82) is 0 Å². The standard InChI is InChI=1S/C13H17ClN4O2S/c1-18-9-16-17-13(18)6-7-15-8-10-11(14)4-3-5-12(10)21(2,19)20/h3-5,9,15H,6-8H2,1-2H3. The molecule has 1 aromatic carbocycles. The van der Waals surface area contributed by atoms with Gasteiger partial charge in [-0.2, -0.15) is 0 Å². The van der Waals surface area contributed by atoms with E-state index in [1.165, 1.54) is 6.26 Å². The molecule has 8 heteroatoms. The predicted octanol–water partition coefficient (Wildman–Crippen LogP) is 1.20. The van der Waals surface area contributed by atoms with Crippen LogP contribution < -0.4 is 5.32 Å². The van der Waals surface area contributed by atoms with Crippen molar-refractivity contribution in [2.75, 3.05) is 12.8 Å². The van der Waals surface area contributed by atoms with Crippen molar-refractivity contribution in [1.82, 2.24) is 20.1 Å². The van der Waals surface area contributed by atoms with Gasteiger partial charge in [0.1, 0.15) is 12.2 Å². The summed E-state index contributed by atoms with van der Waals surface area (Å²) in [6, 6.07) is 4.90. The number of aromatic nitrogens is 3. The highest BCUT2D eigenvalue weighted by Gasteiger charge is 2.15. The monoisotopic (exact) mass is 328 g/mol. The molecule has 0 spiro atoms. The highest BCUT2D eigenvalue weighted by Crippen LogP contribution is 2.23. The molecule has 114 valence electrons. The van der Waals surface area contributed by atoms with Crippen molar-refractivity contribution in [3.8, 4) is 0 Å². The van der Waals surface area contributed by atoms with Crippen LogP contribution in [0.25, 0.3) is 0 Å².